The molecule has 0 heterocycles. The standard InChI is InChI=1S/C15H20N2O4/c1-10-7-11(18)8-13(12(10)9-16)20-6-5-17-14(19)21-15(2,3)4/h7-8,18H,5-6H2,1-4H3,(H,17,19). The zero-order valence-electron chi connectivity index (χ0n) is 12.7. The molecular weight excluding hydrogens is 272 g/mol. The number of aromatic hydroxyl groups is 1. The van der Waals surface area contributed by atoms with E-state index in [4.69, 9.17) is 14.7 Å². The number of hydrogen-bond donors (Lipinski definition) is 2. The van der Waals surface area contributed by atoms with E-state index in [0.29, 0.717) is 16.9 Å². The lowest BCUT2D eigenvalue weighted by atomic mass is 10.1. The molecule has 0 unspecified atom stereocenters. The highest BCUT2D eigenvalue weighted by molar-refractivity contribution is 5.67. The predicted molar refractivity (Wildman–Crippen MR) is 77.3 cm³/mol. The van der Waals surface area contributed by atoms with Crippen molar-refractivity contribution in [3.05, 3.63) is 23.3 Å². The van der Waals surface area contributed by atoms with E-state index in [0.717, 1.165) is 0 Å². The van der Waals surface area contributed by atoms with Crippen molar-refractivity contribution in [2.75, 3.05) is 13.2 Å². The van der Waals surface area contributed by atoms with E-state index in [-0.39, 0.29) is 18.9 Å². The first-order chi connectivity index (χ1) is 9.73. The van der Waals surface area contributed by atoms with Crippen molar-refractivity contribution in [2.45, 2.75) is 33.3 Å². The van der Waals surface area contributed by atoms with Crippen molar-refractivity contribution >= 4 is 6.09 Å². The Labute approximate surface area is 124 Å². The molecule has 6 nitrogen and oxygen atoms in total. The van der Waals surface area contributed by atoms with Gasteiger partial charge in [-0.15, -0.1) is 0 Å². The van der Waals surface area contributed by atoms with Crippen molar-refractivity contribution in [1.82, 2.24) is 5.32 Å². The summed E-state index contributed by atoms with van der Waals surface area (Å²) >= 11 is 0. The maximum absolute atomic E-state index is 11.4. The normalized spacial score (nSPS) is 10.6. The largest absolute Gasteiger partial charge is 0.508 e. The Hall–Kier alpha value is -2.42. The molecule has 0 aromatic heterocycles. The molecule has 0 saturated heterocycles. The number of alkyl carbamates (subject to hydrolysis) is 1. The van der Waals surface area contributed by atoms with Crippen molar-refractivity contribution in [3.63, 3.8) is 0 Å². The molecule has 0 aliphatic carbocycles. The summed E-state index contributed by atoms with van der Waals surface area (Å²) in [5, 5.41) is 21.1. The van der Waals surface area contributed by atoms with E-state index in [1.54, 1.807) is 27.7 Å². The van der Waals surface area contributed by atoms with Gasteiger partial charge in [-0.1, -0.05) is 0 Å². The fourth-order valence-electron chi connectivity index (χ4n) is 1.62. The first kappa shape index (κ1) is 16.6. The second-order valence-corrected chi connectivity index (χ2v) is 5.52. The van der Waals surface area contributed by atoms with Crippen LogP contribution in [0.5, 0.6) is 11.5 Å². The molecule has 1 amide bonds. The molecule has 114 valence electrons. The number of hydrogen-bond acceptors (Lipinski definition) is 5. The van der Waals surface area contributed by atoms with Crippen LogP contribution in [0, 0.1) is 18.3 Å². The minimum Gasteiger partial charge on any atom is -0.508 e. The lowest BCUT2D eigenvalue weighted by molar-refractivity contribution is 0.0520. The summed E-state index contributed by atoms with van der Waals surface area (Å²) in [6.45, 7) is 7.43. The first-order valence-electron chi connectivity index (χ1n) is 6.56. The van der Waals surface area contributed by atoms with Crippen molar-refractivity contribution in [1.29, 1.82) is 5.26 Å². The highest BCUT2D eigenvalue weighted by atomic mass is 16.6. The molecule has 0 bridgehead atoms. The quantitative estimate of drug-likeness (QED) is 0.832. The summed E-state index contributed by atoms with van der Waals surface area (Å²) in [7, 11) is 0. The van der Waals surface area contributed by atoms with Gasteiger partial charge in [-0.3, -0.25) is 0 Å². The first-order valence-corrected chi connectivity index (χ1v) is 6.56. The third kappa shape index (κ3) is 5.61. The number of benzene rings is 1. The number of amides is 1. The van der Waals surface area contributed by atoms with Crippen LogP contribution in [0.4, 0.5) is 4.79 Å². The van der Waals surface area contributed by atoms with E-state index in [9.17, 15) is 9.90 Å². The summed E-state index contributed by atoms with van der Waals surface area (Å²) in [4.78, 5) is 11.4. The number of nitrogens with one attached hydrogen (secondary N) is 1. The Kier molecular flexibility index (Phi) is 5.42. The Balaban J connectivity index is 2.51. The van der Waals surface area contributed by atoms with Gasteiger partial charge in [-0.25, -0.2) is 4.79 Å². The minimum absolute atomic E-state index is 0.0293. The van der Waals surface area contributed by atoms with Crippen molar-refractivity contribution in [2.24, 2.45) is 0 Å². The summed E-state index contributed by atoms with van der Waals surface area (Å²) in [6, 6.07) is 4.89. The average Bonchev–Trinajstić information content (AvgIpc) is 2.32. The lowest BCUT2D eigenvalue weighted by Gasteiger charge is -2.19. The van der Waals surface area contributed by atoms with Gasteiger partial charge in [0.15, 0.2) is 0 Å². The van der Waals surface area contributed by atoms with Gasteiger partial charge in [0.1, 0.15) is 29.8 Å². The maximum atomic E-state index is 11.4. The number of nitrogens with zero attached hydrogens (tertiary/aromatic N) is 1. The number of phenols is 1. The van der Waals surface area contributed by atoms with Gasteiger partial charge in [0.2, 0.25) is 0 Å². The van der Waals surface area contributed by atoms with Crippen molar-refractivity contribution in [3.8, 4) is 17.6 Å². The fourth-order valence-corrected chi connectivity index (χ4v) is 1.62. The number of carbonyl (C=O) groups is 1. The number of phenolic OH excluding ortho intramolecular Hbond substituents is 1. The van der Waals surface area contributed by atoms with Crippen LogP contribution in [-0.2, 0) is 4.74 Å². The Morgan fingerprint density at radius 3 is 2.67 bits per heavy atom. The van der Waals surface area contributed by atoms with E-state index in [2.05, 4.69) is 5.32 Å². The molecule has 2 N–H and O–H groups in total. The summed E-state index contributed by atoms with van der Waals surface area (Å²) in [6.07, 6.45) is -0.529. The number of nitriles is 1. The topological polar surface area (TPSA) is 91.6 Å². The molecule has 6 heteroatoms. The number of carbonyl (C=O) groups excluding carboxylic acids is 1. The van der Waals surface area contributed by atoms with Crippen LogP contribution < -0.4 is 10.1 Å². The minimum atomic E-state index is -0.554. The molecule has 1 aromatic carbocycles. The monoisotopic (exact) mass is 292 g/mol. The summed E-state index contributed by atoms with van der Waals surface area (Å²) < 4.78 is 10.5. The molecule has 0 radical (unpaired) electrons. The fraction of sp³-hybridized carbons (Fsp3) is 0.467. The van der Waals surface area contributed by atoms with Gasteiger partial charge in [-0.05, 0) is 39.3 Å². The SMILES string of the molecule is Cc1cc(O)cc(OCCNC(=O)OC(C)(C)C)c1C#N. The van der Waals surface area contributed by atoms with E-state index in [1.807, 2.05) is 6.07 Å². The van der Waals surface area contributed by atoms with Gasteiger partial charge >= 0.3 is 6.09 Å². The van der Waals surface area contributed by atoms with Gasteiger partial charge in [-0.2, -0.15) is 5.26 Å². The van der Waals surface area contributed by atoms with Crippen LogP contribution in [0.1, 0.15) is 31.9 Å². The average molecular weight is 292 g/mol. The molecule has 21 heavy (non-hydrogen) atoms. The third-order valence-corrected chi connectivity index (χ3v) is 2.42. The number of ether oxygens (including phenoxy) is 2. The predicted octanol–water partition coefficient (Wildman–Crippen LogP) is 2.48. The second-order valence-electron chi connectivity index (χ2n) is 5.52. The number of aryl methyl sites for hydroxylation is 1. The van der Waals surface area contributed by atoms with Crippen LogP contribution in [0.25, 0.3) is 0 Å². The second kappa shape index (κ2) is 6.84. The Morgan fingerprint density at radius 2 is 2.10 bits per heavy atom. The molecule has 0 aliphatic rings. The molecule has 0 spiro atoms. The molecular formula is C15H20N2O4. The van der Waals surface area contributed by atoms with Crippen LogP contribution in [-0.4, -0.2) is 30.0 Å². The summed E-state index contributed by atoms with van der Waals surface area (Å²) in [5.41, 5.74) is 0.444. The van der Waals surface area contributed by atoms with Crippen molar-refractivity contribution < 1.29 is 19.4 Å². The molecule has 0 fully saturated rings. The number of rotatable bonds is 4. The van der Waals surface area contributed by atoms with Gasteiger partial charge in [0.25, 0.3) is 0 Å². The third-order valence-electron chi connectivity index (χ3n) is 2.42. The van der Waals surface area contributed by atoms with Crippen LogP contribution >= 0.6 is 0 Å². The van der Waals surface area contributed by atoms with E-state index >= 15 is 0 Å². The maximum Gasteiger partial charge on any atom is 0.407 e. The summed E-state index contributed by atoms with van der Waals surface area (Å²) in [5.74, 6) is 0.322. The van der Waals surface area contributed by atoms with Crippen LogP contribution in [0.2, 0.25) is 0 Å². The lowest BCUT2D eigenvalue weighted by Crippen LogP contribution is -2.34. The van der Waals surface area contributed by atoms with Gasteiger partial charge < -0.3 is 19.9 Å². The molecule has 0 saturated carbocycles. The highest BCUT2D eigenvalue weighted by Crippen LogP contribution is 2.27. The van der Waals surface area contributed by atoms with Crippen LogP contribution in [0.3, 0.4) is 0 Å². The molecule has 0 atom stereocenters. The smallest absolute Gasteiger partial charge is 0.407 e. The zero-order valence-corrected chi connectivity index (χ0v) is 12.7. The Morgan fingerprint density at radius 1 is 1.43 bits per heavy atom. The molecule has 1 aromatic rings. The highest BCUT2D eigenvalue weighted by Gasteiger charge is 2.15. The van der Waals surface area contributed by atoms with Gasteiger partial charge in [0.05, 0.1) is 12.1 Å². The van der Waals surface area contributed by atoms with E-state index in [1.165, 1.54) is 12.1 Å². The Bertz CT molecular complexity index is 556. The van der Waals surface area contributed by atoms with E-state index < -0.39 is 11.7 Å². The zero-order chi connectivity index (χ0) is 16.0. The van der Waals surface area contributed by atoms with Crippen LogP contribution in [0.15, 0.2) is 12.1 Å². The molecule has 0 aliphatic heterocycles. The molecule has 1 rings (SSSR count). The van der Waals surface area contributed by atoms with Gasteiger partial charge in [0, 0.05) is 6.07 Å².